The van der Waals surface area contributed by atoms with E-state index in [-0.39, 0.29) is 0 Å². The molecule has 1 aromatic rings. The highest BCUT2D eigenvalue weighted by Gasteiger charge is 2.03. The molecular formula is C9H10ClNO2S. The van der Waals surface area contributed by atoms with Crippen molar-refractivity contribution in [2.24, 2.45) is 0 Å². The van der Waals surface area contributed by atoms with E-state index in [0.29, 0.717) is 10.7 Å². The molecule has 1 aromatic carbocycles. The molecule has 0 amide bonds. The van der Waals surface area contributed by atoms with Crippen molar-refractivity contribution in [2.45, 2.75) is 6.92 Å². The lowest BCUT2D eigenvalue weighted by Gasteiger charge is -2.03. The molecule has 3 nitrogen and oxygen atoms in total. The summed E-state index contributed by atoms with van der Waals surface area (Å²) in [6.07, 6.45) is 1.46. The Morgan fingerprint density at radius 2 is 1.86 bits per heavy atom. The lowest BCUT2D eigenvalue weighted by atomic mass is 10.3. The second kappa shape index (κ2) is 4.48. The van der Waals surface area contributed by atoms with Crippen molar-refractivity contribution in [1.82, 2.24) is 0 Å². The molecule has 0 fully saturated rings. The number of sulfonamides is 1. The van der Waals surface area contributed by atoms with E-state index in [1.807, 2.05) is 0 Å². The van der Waals surface area contributed by atoms with Crippen molar-refractivity contribution >= 4 is 27.3 Å². The van der Waals surface area contributed by atoms with Crippen LogP contribution in [0.1, 0.15) is 6.92 Å². The number of benzene rings is 1. The number of rotatable bonds is 3. The van der Waals surface area contributed by atoms with Gasteiger partial charge in [-0.25, -0.2) is 8.42 Å². The molecule has 0 bridgehead atoms. The second-order valence-electron chi connectivity index (χ2n) is 2.62. The zero-order chi connectivity index (χ0) is 10.6. The summed E-state index contributed by atoms with van der Waals surface area (Å²) in [6, 6.07) is 6.44. The predicted octanol–water partition coefficient (Wildman–Crippen LogP) is 2.62. The number of halogens is 1. The SMILES string of the molecule is C/C=C/S(=O)(=O)Nc1ccc(Cl)cc1. The highest BCUT2D eigenvalue weighted by molar-refractivity contribution is 7.95. The van der Waals surface area contributed by atoms with Gasteiger partial charge in [0.15, 0.2) is 0 Å². The molecule has 0 spiro atoms. The van der Waals surface area contributed by atoms with Gasteiger partial charge in [-0.3, -0.25) is 4.72 Å². The minimum Gasteiger partial charge on any atom is -0.280 e. The lowest BCUT2D eigenvalue weighted by molar-refractivity contribution is 0.609. The molecule has 0 aliphatic heterocycles. The molecule has 5 heteroatoms. The van der Waals surface area contributed by atoms with Gasteiger partial charge in [0.2, 0.25) is 0 Å². The summed E-state index contributed by atoms with van der Waals surface area (Å²) in [6.45, 7) is 1.64. The molecule has 0 saturated carbocycles. The fraction of sp³-hybridized carbons (Fsp3) is 0.111. The van der Waals surface area contributed by atoms with Gasteiger partial charge in [0.1, 0.15) is 0 Å². The van der Waals surface area contributed by atoms with E-state index in [2.05, 4.69) is 4.72 Å². The fourth-order valence-corrected chi connectivity index (χ4v) is 1.91. The van der Waals surface area contributed by atoms with Crippen molar-refractivity contribution in [1.29, 1.82) is 0 Å². The minimum atomic E-state index is -3.37. The molecule has 76 valence electrons. The molecule has 0 atom stereocenters. The summed E-state index contributed by atoms with van der Waals surface area (Å²) < 4.78 is 24.9. The van der Waals surface area contributed by atoms with Crippen LogP contribution < -0.4 is 4.72 Å². The summed E-state index contributed by atoms with van der Waals surface area (Å²) in [5.41, 5.74) is 0.493. The number of anilines is 1. The summed E-state index contributed by atoms with van der Waals surface area (Å²) in [5.74, 6) is 0. The Bertz CT molecular complexity index is 423. The third-order valence-electron chi connectivity index (χ3n) is 1.42. The van der Waals surface area contributed by atoms with Crippen molar-refractivity contribution in [3.63, 3.8) is 0 Å². The Kier molecular flexibility index (Phi) is 3.55. The zero-order valence-electron chi connectivity index (χ0n) is 7.57. The maximum Gasteiger partial charge on any atom is 0.254 e. The van der Waals surface area contributed by atoms with Gasteiger partial charge in [-0.1, -0.05) is 17.7 Å². The number of hydrogen-bond acceptors (Lipinski definition) is 2. The molecule has 0 aliphatic rings. The first-order valence-corrected chi connectivity index (χ1v) is 5.87. The van der Waals surface area contributed by atoms with Crippen molar-refractivity contribution in [3.8, 4) is 0 Å². The lowest BCUT2D eigenvalue weighted by Crippen LogP contribution is -2.08. The standard InChI is InChI=1S/C9H10ClNO2S/c1-2-7-14(12,13)11-9-5-3-8(10)4-6-9/h2-7,11H,1H3/b7-2+. The Morgan fingerprint density at radius 1 is 1.29 bits per heavy atom. The predicted molar refractivity (Wildman–Crippen MR) is 58.8 cm³/mol. The first-order chi connectivity index (χ1) is 6.53. The van der Waals surface area contributed by atoms with Gasteiger partial charge in [-0.15, -0.1) is 0 Å². The third kappa shape index (κ3) is 3.40. The van der Waals surface area contributed by atoms with Crippen LogP contribution in [0.3, 0.4) is 0 Å². The van der Waals surface area contributed by atoms with Gasteiger partial charge in [0.25, 0.3) is 10.0 Å². The molecule has 0 heterocycles. The van der Waals surface area contributed by atoms with Crippen molar-refractivity contribution in [3.05, 3.63) is 40.8 Å². The average molecular weight is 232 g/mol. The quantitative estimate of drug-likeness (QED) is 0.869. The van der Waals surface area contributed by atoms with E-state index in [4.69, 9.17) is 11.6 Å². The van der Waals surface area contributed by atoms with Crippen molar-refractivity contribution in [2.75, 3.05) is 4.72 Å². The molecule has 0 unspecified atom stereocenters. The minimum absolute atomic E-state index is 0.493. The second-order valence-corrected chi connectivity index (χ2v) is 4.63. The van der Waals surface area contributed by atoms with E-state index >= 15 is 0 Å². The van der Waals surface area contributed by atoms with E-state index in [0.717, 1.165) is 5.41 Å². The first-order valence-electron chi connectivity index (χ1n) is 3.94. The number of allylic oxidation sites excluding steroid dienone is 1. The number of nitrogens with one attached hydrogen (secondary N) is 1. The van der Waals surface area contributed by atoms with Crippen LogP contribution in [0.4, 0.5) is 5.69 Å². The average Bonchev–Trinajstić information content (AvgIpc) is 2.08. The molecule has 1 rings (SSSR count). The van der Waals surface area contributed by atoms with Gasteiger partial charge >= 0.3 is 0 Å². The Hall–Kier alpha value is -1.00. The van der Waals surface area contributed by atoms with Crippen LogP contribution in [0.5, 0.6) is 0 Å². The van der Waals surface area contributed by atoms with Crippen molar-refractivity contribution < 1.29 is 8.42 Å². The number of hydrogen-bond donors (Lipinski definition) is 1. The van der Waals surface area contributed by atoms with Crippen LogP contribution >= 0.6 is 11.6 Å². The van der Waals surface area contributed by atoms with Gasteiger partial charge < -0.3 is 0 Å². The topological polar surface area (TPSA) is 46.2 Å². The summed E-state index contributed by atoms with van der Waals surface area (Å²) in [7, 11) is -3.37. The molecule has 0 radical (unpaired) electrons. The molecule has 0 aromatic heterocycles. The fourth-order valence-electron chi connectivity index (χ4n) is 0.895. The van der Waals surface area contributed by atoms with Crippen LogP contribution in [0.15, 0.2) is 35.7 Å². The van der Waals surface area contributed by atoms with Crippen LogP contribution in [0.2, 0.25) is 5.02 Å². The third-order valence-corrected chi connectivity index (χ3v) is 2.82. The van der Waals surface area contributed by atoms with Gasteiger partial charge in [0.05, 0.1) is 0 Å². The van der Waals surface area contributed by atoms with Crippen LogP contribution in [0, 0.1) is 0 Å². The highest BCUT2D eigenvalue weighted by Crippen LogP contribution is 2.14. The highest BCUT2D eigenvalue weighted by atomic mass is 35.5. The van der Waals surface area contributed by atoms with Crippen LogP contribution in [-0.2, 0) is 10.0 Å². The zero-order valence-corrected chi connectivity index (χ0v) is 9.14. The molecule has 14 heavy (non-hydrogen) atoms. The maximum absolute atomic E-state index is 11.3. The molecular weight excluding hydrogens is 222 g/mol. The molecule has 0 aliphatic carbocycles. The Morgan fingerprint density at radius 3 is 2.36 bits per heavy atom. The van der Waals surface area contributed by atoms with E-state index in [1.165, 1.54) is 6.08 Å². The largest absolute Gasteiger partial charge is 0.280 e. The normalized spacial score (nSPS) is 11.9. The molecule has 0 saturated heterocycles. The summed E-state index contributed by atoms with van der Waals surface area (Å²) >= 11 is 5.65. The first kappa shape index (κ1) is 11.1. The molecule has 1 N–H and O–H groups in total. The smallest absolute Gasteiger partial charge is 0.254 e. The van der Waals surface area contributed by atoms with E-state index < -0.39 is 10.0 Å². The van der Waals surface area contributed by atoms with E-state index in [9.17, 15) is 8.42 Å². The Balaban J connectivity index is 2.84. The summed E-state index contributed by atoms with van der Waals surface area (Å²) in [5, 5.41) is 1.67. The summed E-state index contributed by atoms with van der Waals surface area (Å²) in [4.78, 5) is 0. The van der Waals surface area contributed by atoms with Crippen LogP contribution in [-0.4, -0.2) is 8.42 Å². The Labute approximate surface area is 88.5 Å². The van der Waals surface area contributed by atoms with Gasteiger partial charge in [-0.2, -0.15) is 0 Å². The van der Waals surface area contributed by atoms with Gasteiger partial charge in [0, 0.05) is 16.1 Å². The maximum atomic E-state index is 11.3. The van der Waals surface area contributed by atoms with E-state index in [1.54, 1.807) is 31.2 Å². The van der Waals surface area contributed by atoms with Crippen LogP contribution in [0.25, 0.3) is 0 Å². The van der Waals surface area contributed by atoms with Gasteiger partial charge in [-0.05, 0) is 31.2 Å². The monoisotopic (exact) mass is 231 g/mol.